The minimum atomic E-state index is -0.331. The Morgan fingerprint density at radius 1 is 1.29 bits per heavy atom. The molecule has 5 nitrogen and oxygen atoms in total. The van der Waals surface area contributed by atoms with Crippen LogP contribution in [-0.2, 0) is 6.54 Å². The van der Waals surface area contributed by atoms with Crippen molar-refractivity contribution in [2.24, 2.45) is 0 Å². The van der Waals surface area contributed by atoms with E-state index in [0.29, 0.717) is 40.2 Å². The second-order valence-corrected chi connectivity index (χ2v) is 8.58. The number of halogens is 2. The van der Waals surface area contributed by atoms with Gasteiger partial charge in [-0.3, -0.25) is 9.69 Å². The maximum absolute atomic E-state index is 15.1. The molecule has 1 unspecified atom stereocenters. The first kappa shape index (κ1) is 21.8. The van der Waals surface area contributed by atoms with Crippen LogP contribution in [0.1, 0.15) is 12.0 Å². The van der Waals surface area contributed by atoms with Gasteiger partial charge in [-0.15, -0.1) is 23.7 Å². The number of aliphatic hydroxyl groups excluding tert-OH is 1. The number of H-pyrrole nitrogens is 1. The molecule has 0 aliphatic carbocycles. The van der Waals surface area contributed by atoms with Crippen molar-refractivity contribution in [3.8, 4) is 16.9 Å². The van der Waals surface area contributed by atoms with Gasteiger partial charge in [0.1, 0.15) is 16.3 Å². The molecule has 2 aromatic carbocycles. The SMILES string of the molecule is COc1ccc2[nH]c(=O)c3sccc3c2c1-c1ccc(CN2CCC(O)C2)c(F)c1.Cl. The summed E-state index contributed by atoms with van der Waals surface area (Å²) in [6.07, 6.45) is 0.393. The summed E-state index contributed by atoms with van der Waals surface area (Å²) in [5.41, 5.74) is 2.62. The number of hydrogen-bond acceptors (Lipinski definition) is 5. The Labute approximate surface area is 188 Å². The van der Waals surface area contributed by atoms with Gasteiger partial charge in [-0.05, 0) is 41.6 Å². The third-order valence-electron chi connectivity index (χ3n) is 5.76. The van der Waals surface area contributed by atoms with E-state index in [2.05, 4.69) is 9.88 Å². The van der Waals surface area contributed by atoms with E-state index >= 15 is 4.39 Å². The van der Waals surface area contributed by atoms with Crippen LogP contribution >= 0.6 is 23.7 Å². The molecule has 1 aliphatic rings. The molecule has 2 aromatic heterocycles. The number of aromatic amines is 1. The summed E-state index contributed by atoms with van der Waals surface area (Å²) in [6.45, 7) is 1.81. The molecule has 0 bridgehead atoms. The number of nitrogens with zero attached hydrogens (tertiary/aromatic N) is 1. The Morgan fingerprint density at radius 3 is 2.84 bits per heavy atom. The lowest BCUT2D eigenvalue weighted by atomic mass is 9.96. The Kier molecular flexibility index (Phi) is 6.03. The zero-order chi connectivity index (χ0) is 20.8. The largest absolute Gasteiger partial charge is 0.496 e. The number of benzene rings is 2. The van der Waals surface area contributed by atoms with Crippen molar-refractivity contribution in [3.05, 3.63) is 63.5 Å². The second kappa shape index (κ2) is 8.59. The van der Waals surface area contributed by atoms with Crippen LogP contribution in [-0.4, -0.2) is 41.3 Å². The van der Waals surface area contributed by atoms with Gasteiger partial charge in [-0.1, -0.05) is 12.1 Å². The molecular formula is C23H22ClFN2O3S. The molecule has 1 saturated heterocycles. The molecular weight excluding hydrogens is 439 g/mol. The fourth-order valence-electron chi connectivity index (χ4n) is 4.31. The fraction of sp³-hybridized carbons (Fsp3) is 0.261. The average molecular weight is 461 g/mol. The van der Waals surface area contributed by atoms with E-state index in [0.717, 1.165) is 29.3 Å². The summed E-state index contributed by atoms with van der Waals surface area (Å²) in [5.74, 6) is 0.329. The Balaban J connectivity index is 0.00000231. The van der Waals surface area contributed by atoms with E-state index in [9.17, 15) is 9.90 Å². The number of hydrogen-bond donors (Lipinski definition) is 2. The smallest absolute Gasteiger partial charge is 0.266 e. The summed E-state index contributed by atoms with van der Waals surface area (Å²) in [5, 5.41) is 13.3. The molecule has 2 N–H and O–H groups in total. The second-order valence-electron chi connectivity index (χ2n) is 7.67. The first-order valence-electron chi connectivity index (χ1n) is 9.84. The molecule has 1 atom stereocenters. The van der Waals surface area contributed by atoms with Gasteiger partial charge in [-0.2, -0.15) is 0 Å². The fourth-order valence-corrected chi connectivity index (χ4v) is 5.11. The van der Waals surface area contributed by atoms with E-state index in [1.807, 2.05) is 23.6 Å². The number of nitrogens with one attached hydrogen (secondary N) is 1. The van der Waals surface area contributed by atoms with Crippen molar-refractivity contribution in [2.45, 2.75) is 19.1 Å². The van der Waals surface area contributed by atoms with Crippen LogP contribution in [0.15, 0.2) is 46.6 Å². The standard InChI is InChI=1S/C23H21FN2O3S.ClH/c1-29-19-5-4-18-21(16-7-9-30-22(16)23(28)25-18)20(19)13-2-3-14(17(24)10-13)11-26-8-6-15(27)12-26;/h2-5,7,9-10,15,27H,6,8,11-12H2,1H3,(H,25,28);1H. The number of aliphatic hydroxyl groups is 1. The van der Waals surface area contributed by atoms with Gasteiger partial charge in [-0.25, -0.2) is 4.39 Å². The molecule has 1 aliphatic heterocycles. The van der Waals surface area contributed by atoms with Gasteiger partial charge < -0.3 is 14.8 Å². The van der Waals surface area contributed by atoms with Gasteiger partial charge >= 0.3 is 0 Å². The molecule has 0 amide bonds. The highest BCUT2D eigenvalue weighted by Crippen LogP contribution is 2.40. The average Bonchev–Trinajstić information content (AvgIpc) is 3.38. The first-order valence-corrected chi connectivity index (χ1v) is 10.7. The van der Waals surface area contributed by atoms with E-state index < -0.39 is 0 Å². The number of fused-ring (bicyclic) bond motifs is 3. The minimum Gasteiger partial charge on any atom is -0.496 e. The van der Waals surface area contributed by atoms with Crippen LogP contribution in [0.3, 0.4) is 0 Å². The third kappa shape index (κ3) is 3.83. The summed E-state index contributed by atoms with van der Waals surface area (Å²) in [7, 11) is 1.59. The third-order valence-corrected chi connectivity index (χ3v) is 6.67. The van der Waals surface area contributed by atoms with Gasteiger partial charge in [0, 0.05) is 47.1 Å². The van der Waals surface area contributed by atoms with Crippen molar-refractivity contribution < 1.29 is 14.2 Å². The highest BCUT2D eigenvalue weighted by molar-refractivity contribution is 7.17. The molecule has 8 heteroatoms. The van der Waals surface area contributed by atoms with Crippen LogP contribution in [0.25, 0.3) is 32.1 Å². The van der Waals surface area contributed by atoms with Crippen molar-refractivity contribution in [1.29, 1.82) is 0 Å². The van der Waals surface area contributed by atoms with Gasteiger partial charge in [0.25, 0.3) is 5.56 Å². The molecule has 0 saturated carbocycles. The number of methoxy groups -OCH3 is 1. The van der Waals surface area contributed by atoms with Crippen molar-refractivity contribution >= 4 is 44.7 Å². The van der Waals surface area contributed by atoms with Crippen LogP contribution in [0.5, 0.6) is 5.75 Å². The normalized spacial score (nSPS) is 16.7. The lowest BCUT2D eigenvalue weighted by molar-refractivity contribution is 0.174. The number of ether oxygens (including phenoxy) is 1. The molecule has 31 heavy (non-hydrogen) atoms. The van der Waals surface area contributed by atoms with Gasteiger partial charge in [0.2, 0.25) is 0 Å². The van der Waals surface area contributed by atoms with Crippen LogP contribution < -0.4 is 10.3 Å². The van der Waals surface area contributed by atoms with Crippen LogP contribution in [0.2, 0.25) is 0 Å². The molecule has 4 aromatic rings. The summed E-state index contributed by atoms with van der Waals surface area (Å²) < 4.78 is 21.3. The Bertz CT molecular complexity index is 1320. The topological polar surface area (TPSA) is 65.6 Å². The zero-order valence-corrected chi connectivity index (χ0v) is 18.5. The zero-order valence-electron chi connectivity index (χ0n) is 16.9. The minimum absolute atomic E-state index is 0. The van der Waals surface area contributed by atoms with E-state index in [-0.39, 0.29) is 29.9 Å². The maximum Gasteiger partial charge on any atom is 0.266 e. The molecule has 1 fully saturated rings. The Morgan fingerprint density at radius 2 is 2.13 bits per heavy atom. The summed E-state index contributed by atoms with van der Waals surface area (Å²) in [6, 6.07) is 10.8. The van der Waals surface area contributed by atoms with Gasteiger partial charge in [0.15, 0.2) is 0 Å². The summed E-state index contributed by atoms with van der Waals surface area (Å²) in [4.78, 5) is 17.4. The monoisotopic (exact) mass is 460 g/mol. The molecule has 162 valence electrons. The van der Waals surface area contributed by atoms with E-state index in [4.69, 9.17) is 4.74 Å². The van der Waals surface area contributed by atoms with Crippen molar-refractivity contribution in [1.82, 2.24) is 9.88 Å². The van der Waals surface area contributed by atoms with E-state index in [1.165, 1.54) is 17.4 Å². The number of β-amino-alcohol motifs (C(OH)–C–C–N with tert-alkyl or cyclic N) is 1. The lowest BCUT2D eigenvalue weighted by Crippen LogP contribution is -2.22. The first-order chi connectivity index (χ1) is 14.5. The molecule has 0 radical (unpaired) electrons. The maximum atomic E-state index is 15.1. The molecule has 3 heterocycles. The number of aromatic nitrogens is 1. The van der Waals surface area contributed by atoms with Crippen LogP contribution in [0, 0.1) is 5.82 Å². The predicted molar refractivity (Wildman–Crippen MR) is 125 cm³/mol. The van der Waals surface area contributed by atoms with E-state index in [1.54, 1.807) is 19.2 Å². The number of likely N-dealkylation sites (tertiary alicyclic amines) is 1. The molecule has 0 spiro atoms. The lowest BCUT2D eigenvalue weighted by Gasteiger charge is -2.17. The highest BCUT2D eigenvalue weighted by atomic mass is 35.5. The predicted octanol–water partition coefficient (Wildman–Crippen LogP) is 4.55. The summed E-state index contributed by atoms with van der Waals surface area (Å²) >= 11 is 1.39. The number of thiophene rings is 1. The number of rotatable bonds is 4. The van der Waals surface area contributed by atoms with Crippen molar-refractivity contribution in [3.63, 3.8) is 0 Å². The van der Waals surface area contributed by atoms with Crippen LogP contribution in [0.4, 0.5) is 4.39 Å². The van der Waals surface area contributed by atoms with Crippen molar-refractivity contribution in [2.75, 3.05) is 20.2 Å². The Hall–Kier alpha value is -2.45. The highest BCUT2D eigenvalue weighted by Gasteiger charge is 2.22. The quantitative estimate of drug-likeness (QED) is 0.469. The van der Waals surface area contributed by atoms with Gasteiger partial charge in [0.05, 0.1) is 13.2 Å². The number of pyridine rings is 1. The molecule has 5 rings (SSSR count).